The van der Waals surface area contributed by atoms with Crippen LogP contribution in [-0.4, -0.2) is 74.8 Å². The van der Waals surface area contributed by atoms with Crippen molar-refractivity contribution in [2.45, 2.75) is 166 Å². The zero-order valence-electron chi connectivity index (χ0n) is 32.9. The average Bonchev–Trinajstić information content (AvgIpc) is 3.11. The molecule has 0 atom stereocenters. The summed E-state index contributed by atoms with van der Waals surface area (Å²) in [5.74, 6) is 0. The number of rotatable bonds is 22. The summed E-state index contributed by atoms with van der Waals surface area (Å²) in [6.07, 6.45) is 22.3. The third-order valence-electron chi connectivity index (χ3n) is 9.89. The molecule has 0 aliphatic carbocycles. The van der Waals surface area contributed by atoms with Gasteiger partial charge in [0.15, 0.2) is 0 Å². The van der Waals surface area contributed by atoms with Crippen molar-refractivity contribution < 1.29 is 25.9 Å². The molecule has 288 valence electrons. The molecule has 0 bridgehead atoms. The first kappa shape index (κ1) is 47.9. The van der Waals surface area contributed by atoms with Gasteiger partial charge in [0.05, 0.1) is 9.79 Å². The van der Waals surface area contributed by atoms with E-state index in [0.717, 1.165) is 86.1 Å². The van der Waals surface area contributed by atoms with E-state index in [2.05, 4.69) is 52.0 Å². The van der Waals surface area contributed by atoms with Gasteiger partial charge < -0.3 is 9.11 Å². The van der Waals surface area contributed by atoms with Crippen LogP contribution in [0.15, 0.2) is 70.5 Å². The van der Waals surface area contributed by atoms with Crippen molar-refractivity contribution in [3.05, 3.63) is 82.9 Å². The van der Waals surface area contributed by atoms with Crippen LogP contribution in [-0.2, 0) is 45.9 Å². The molecule has 4 aromatic rings. The molecule has 0 amide bonds. The summed E-state index contributed by atoms with van der Waals surface area (Å²) in [7, 11) is -8.95. The van der Waals surface area contributed by atoms with Gasteiger partial charge in [-0.3, -0.25) is 0 Å². The van der Waals surface area contributed by atoms with Crippen molar-refractivity contribution in [2.75, 3.05) is 0 Å². The molecule has 0 heterocycles. The fourth-order valence-corrected chi connectivity index (χ4v) is 8.43. The Morgan fingerprint density at radius 2 is 0.679 bits per heavy atom. The van der Waals surface area contributed by atoms with Gasteiger partial charge in [0.2, 0.25) is 0 Å². The summed E-state index contributed by atoms with van der Waals surface area (Å²) in [6, 6.07) is 18.9. The summed E-state index contributed by atoms with van der Waals surface area (Å²) in [4.78, 5) is -0.143. The zero-order chi connectivity index (χ0) is 38.0. The molecule has 0 aliphatic heterocycles. The topological polar surface area (TPSA) is 114 Å². The number of hydrogen-bond donors (Lipinski definition) is 0. The SMILES string of the molecule is CCCCCCc1ccc2c(S(=O)(=O)[O-])cc(CCCCCC)cc2c1.CCCCCCc1ccc2c(S(=O)(=O)[O-])cc(CCCCCC)cc2c1.[Ba+2]. The van der Waals surface area contributed by atoms with E-state index in [9.17, 15) is 25.9 Å². The second kappa shape index (κ2) is 25.1. The Morgan fingerprint density at radius 1 is 0.396 bits per heavy atom. The van der Waals surface area contributed by atoms with Crippen molar-refractivity contribution in [1.82, 2.24) is 0 Å². The molecule has 9 heteroatoms. The van der Waals surface area contributed by atoms with Gasteiger partial charge in [0, 0.05) is 0 Å². The van der Waals surface area contributed by atoms with Gasteiger partial charge >= 0.3 is 48.9 Å². The third kappa shape index (κ3) is 16.8. The maximum atomic E-state index is 11.7. The van der Waals surface area contributed by atoms with Crippen LogP contribution in [0.4, 0.5) is 0 Å². The van der Waals surface area contributed by atoms with Crippen LogP contribution in [0.2, 0.25) is 0 Å². The van der Waals surface area contributed by atoms with Crippen molar-refractivity contribution in [3.8, 4) is 0 Å². The quantitative estimate of drug-likeness (QED) is 0.0441. The number of benzene rings is 4. The van der Waals surface area contributed by atoms with E-state index in [1.165, 1.54) is 75.3 Å². The van der Waals surface area contributed by atoms with Crippen LogP contribution in [0.25, 0.3) is 21.5 Å². The summed E-state index contributed by atoms with van der Waals surface area (Å²) < 4.78 is 70.5. The molecule has 0 aromatic heterocycles. The summed E-state index contributed by atoms with van der Waals surface area (Å²) in [6.45, 7) is 8.73. The van der Waals surface area contributed by atoms with Gasteiger partial charge in [-0.15, -0.1) is 0 Å². The molecular formula is C44H62BaO6S2. The number of hydrogen-bond acceptors (Lipinski definition) is 6. The molecule has 0 saturated heterocycles. The van der Waals surface area contributed by atoms with Gasteiger partial charge in [0.25, 0.3) is 0 Å². The van der Waals surface area contributed by atoms with E-state index < -0.39 is 20.2 Å². The fraction of sp³-hybridized carbons (Fsp3) is 0.545. The maximum Gasteiger partial charge on any atom is 2.00 e. The van der Waals surface area contributed by atoms with Gasteiger partial charge in [-0.25, -0.2) is 16.8 Å². The van der Waals surface area contributed by atoms with Gasteiger partial charge in [-0.1, -0.05) is 153 Å². The first-order valence-electron chi connectivity index (χ1n) is 19.9. The standard InChI is InChI=1S/2C22H32O3S.Ba/c2*1-3-5-7-9-11-18-13-14-21-20(15-18)16-19(12-10-8-6-4-2)17-22(21)26(23,24)25;/h2*13-17H,3-12H2,1-2H3,(H,23,24,25);/q;;+2/p-2. The molecule has 0 aliphatic rings. The van der Waals surface area contributed by atoms with E-state index in [0.29, 0.717) is 10.8 Å². The molecule has 0 fully saturated rings. The minimum absolute atomic E-state index is 0. The molecule has 0 unspecified atom stereocenters. The summed E-state index contributed by atoms with van der Waals surface area (Å²) in [5, 5.41) is 2.85. The van der Waals surface area contributed by atoms with Crippen molar-refractivity contribution in [3.63, 3.8) is 0 Å². The van der Waals surface area contributed by atoms with E-state index in [-0.39, 0.29) is 58.7 Å². The number of fused-ring (bicyclic) bond motifs is 2. The predicted octanol–water partition coefficient (Wildman–Crippen LogP) is 11.6. The maximum absolute atomic E-state index is 11.7. The predicted molar refractivity (Wildman–Crippen MR) is 221 cm³/mol. The van der Waals surface area contributed by atoms with E-state index >= 15 is 0 Å². The molecule has 4 rings (SSSR count). The monoisotopic (exact) mass is 888 g/mol. The first-order chi connectivity index (χ1) is 24.9. The van der Waals surface area contributed by atoms with Crippen LogP contribution < -0.4 is 0 Å². The van der Waals surface area contributed by atoms with Crippen molar-refractivity contribution in [1.29, 1.82) is 0 Å². The Bertz CT molecular complexity index is 1750. The van der Waals surface area contributed by atoms with Gasteiger partial charge in [-0.05, 0) is 107 Å². The largest absolute Gasteiger partial charge is 2.00 e. The fourth-order valence-electron chi connectivity index (χ4n) is 6.92. The molecule has 0 N–H and O–H groups in total. The molecule has 0 spiro atoms. The zero-order valence-corrected chi connectivity index (χ0v) is 39.0. The molecule has 0 radical (unpaired) electrons. The van der Waals surface area contributed by atoms with Crippen LogP contribution >= 0.6 is 0 Å². The Labute approximate surface area is 361 Å². The Hall–Kier alpha value is -1.21. The Balaban J connectivity index is 0.000000360. The van der Waals surface area contributed by atoms with Gasteiger partial charge in [0.1, 0.15) is 20.2 Å². The molecule has 0 saturated carbocycles. The minimum Gasteiger partial charge on any atom is -0.744 e. The second-order valence-corrected chi connectivity index (χ2v) is 17.1. The average molecular weight is 888 g/mol. The van der Waals surface area contributed by atoms with E-state index in [1.54, 1.807) is 24.3 Å². The minimum atomic E-state index is -4.47. The van der Waals surface area contributed by atoms with Crippen molar-refractivity contribution in [2.24, 2.45) is 0 Å². The first-order valence-corrected chi connectivity index (χ1v) is 22.8. The normalized spacial score (nSPS) is 11.7. The van der Waals surface area contributed by atoms with E-state index in [1.807, 2.05) is 12.1 Å². The second-order valence-electron chi connectivity index (χ2n) is 14.4. The van der Waals surface area contributed by atoms with Crippen LogP contribution in [0.1, 0.15) is 153 Å². The van der Waals surface area contributed by atoms with Crippen molar-refractivity contribution >= 4 is 90.7 Å². The number of unbranched alkanes of at least 4 members (excludes halogenated alkanes) is 12. The molecule has 4 aromatic carbocycles. The van der Waals surface area contributed by atoms with Crippen LogP contribution in [0.5, 0.6) is 0 Å². The Morgan fingerprint density at radius 3 is 0.962 bits per heavy atom. The summed E-state index contributed by atoms with van der Waals surface area (Å²) >= 11 is 0. The molecule has 53 heavy (non-hydrogen) atoms. The van der Waals surface area contributed by atoms with E-state index in [4.69, 9.17) is 0 Å². The smallest absolute Gasteiger partial charge is 0.744 e. The third-order valence-corrected chi connectivity index (χ3v) is 11.6. The van der Waals surface area contributed by atoms with Gasteiger partial charge in [-0.2, -0.15) is 0 Å². The molecular weight excluding hydrogens is 826 g/mol. The van der Waals surface area contributed by atoms with Crippen LogP contribution in [0.3, 0.4) is 0 Å². The summed E-state index contributed by atoms with van der Waals surface area (Å²) in [5.41, 5.74) is 4.33. The Kier molecular flexibility index (Phi) is 22.7. The molecule has 6 nitrogen and oxygen atoms in total. The van der Waals surface area contributed by atoms with Crippen LogP contribution in [0, 0.1) is 0 Å². The number of aryl methyl sites for hydroxylation is 4.